The van der Waals surface area contributed by atoms with Gasteiger partial charge in [-0.1, -0.05) is 18.2 Å². The largest absolute Gasteiger partial charge is 0.454 e. The second kappa shape index (κ2) is 5.88. The van der Waals surface area contributed by atoms with Gasteiger partial charge in [0.15, 0.2) is 11.5 Å². The Morgan fingerprint density at radius 3 is 2.71 bits per heavy atom. The van der Waals surface area contributed by atoms with E-state index in [2.05, 4.69) is 5.32 Å². The molecule has 0 spiro atoms. The summed E-state index contributed by atoms with van der Waals surface area (Å²) in [6.07, 6.45) is 0.297. The van der Waals surface area contributed by atoms with Gasteiger partial charge in [-0.25, -0.2) is 0 Å². The van der Waals surface area contributed by atoms with Gasteiger partial charge in [0.1, 0.15) is 0 Å². The first-order valence-corrected chi connectivity index (χ1v) is 7.76. The summed E-state index contributed by atoms with van der Waals surface area (Å²) in [5.41, 5.74) is 1.34. The minimum absolute atomic E-state index is 0.0113. The van der Waals surface area contributed by atoms with Crippen molar-refractivity contribution in [3.63, 3.8) is 0 Å². The molecule has 6 heteroatoms. The van der Waals surface area contributed by atoms with E-state index in [1.165, 1.54) is 0 Å². The molecule has 24 heavy (non-hydrogen) atoms. The maximum Gasteiger partial charge on any atom is 0.251 e. The van der Waals surface area contributed by atoms with Gasteiger partial charge in [-0.3, -0.25) is 9.59 Å². The Morgan fingerprint density at radius 2 is 1.88 bits per heavy atom. The number of fused-ring (bicyclic) bond motifs is 1. The average Bonchev–Trinajstić information content (AvgIpc) is 3.21. The number of hydrogen-bond acceptors (Lipinski definition) is 4. The zero-order valence-corrected chi connectivity index (χ0v) is 12.9. The lowest BCUT2D eigenvalue weighted by Gasteiger charge is -2.17. The third kappa shape index (κ3) is 2.67. The molecule has 2 aromatic carbocycles. The third-order valence-electron chi connectivity index (χ3n) is 4.16. The number of carbonyl (C=O) groups is 2. The molecule has 2 amide bonds. The lowest BCUT2D eigenvalue weighted by atomic mass is 10.1. The van der Waals surface area contributed by atoms with Crippen LogP contribution in [0.4, 0.5) is 5.69 Å². The van der Waals surface area contributed by atoms with Gasteiger partial charge in [0.25, 0.3) is 5.91 Å². The maximum absolute atomic E-state index is 12.4. The molecule has 2 aliphatic rings. The van der Waals surface area contributed by atoms with Crippen LogP contribution in [-0.4, -0.2) is 31.2 Å². The molecular formula is C18H16N2O4. The Bertz CT molecular complexity index is 791. The number of nitrogens with zero attached hydrogens (tertiary/aromatic N) is 1. The van der Waals surface area contributed by atoms with Crippen molar-refractivity contribution in [1.29, 1.82) is 0 Å². The van der Waals surface area contributed by atoms with E-state index in [0.717, 1.165) is 5.69 Å². The minimum atomic E-state index is -0.221. The molecule has 1 N–H and O–H groups in total. The van der Waals surface area contributed by atoms with E-state index in [1.54, 1.807) is 23.1 Å². The summed E-state index contributed by atoms with van der Waals surface area (Å²) < 4.78 is 10.5. The van der Waals surface area contributed by atoms with E-state index in [0.29, 0.717) is 30.0 Å². The van der Waals surface area contributed by atoms with Gasteiger partial charge in [-0.15, -0.1) is 0 Å². The zero-order valence-electron chi connectivity index (χ0n) is 12.9. The van der Waals surface area contributed by atoms with Gasteiger partial charge in [-0.05, 0) is 30.3 Å². The maximum atomic E-state index is 12.4. The number of nitrogens with one attached hydrogen (secondary N) is 1. The first kappa shape index (κ1) is 14.6. The van der Waals surface area contributed by atoms with Crippen molar-refractivity contribution in [2.45, 2.75) is 12.5 Å². The molecule has 6 nitrogen and oxygen atoms in total. The van der Waals surface area contributed by atoms with Crippen LogP contribution >= 0.6 is 0 Å². The first-order chi connectivity index (χ1) is 11.7. The molecule has 0 aromatic heterocycles. The lowest BCUT2D eigenvalue weighted by Crippen LogP contribution is -2.37. The normalized spacial score (nSPS) is 18.8. The van der Waals surface area contributed by atoms with E-state index in [4.69, 9.17) is 9.47 Å². The van der Waals surface area contributed by atoms with E-state index in [-0.39, 0.29) is 24.6 Å². The number of para-hydroxylation sites is 1. The van der Waals surface area contributed by atoms with Crippen LogP contribution in [0.1, 0.15) is 16.8 Å². The zero-order chi connectivity index (χ0) is 16.5. The van der Waals surface area contributed by atoms with E-state index in [9.17, 15) is 9.59 Å². The van der Waals surface area contributed by atoms with E-state index < -0.39 is 0 Å². The van der Waals surface area contributed by atoms with Crippen LogP contribution in [0.25, 0.3) is 0 Å². The topological polar surface area (TPSA) is 67.9 Å². The number of carbonyl (C=O) groups excluding carboxylic acids is 2. The first-order valence-electron chi connectivity index (χ1n) is 7.76. The summed E-state index contributed by atoms with van der Waals surface area (Å²) >= 11 is 0. The lowest BCUT2D eigenvalue weighted by molar-refractivity contribution is -0.117. The summed E-state index contributed by atoms with van der Waals surface area (Å²) in [4.78, 5) is 26.3. The molecule has 0 radical (unpaired) electrons. The fourth-order valence-corrected chi connectivity index (χ4v) is 2.97. The van der Waals surface area contributed by atoms with Crippen molar-refractivity contribution in [2.75, 3.05) is 18.2 Å². The monoisotopic (exact) mass is 324 g/mol. The van der Waals surface area contributed by atoms with Gasteiger partial charge in [0.05, 0.1) is 6.04 Å². The summed E-state index contributed by atoms with van der Waals surface area (Å²) in [6, 6.07) is 14.3. The molecule has 1 fully saturated rings. The van der Waals surface area contributed by atoms with Crippen LogP contribution in [0, 0.1) is 0 Å². The molecular weight excluding hydrogens is 308 g/mol. The highest BCUT2D eigenvalue weighted by molar-refractivity contribution is 5.99. The second-order valence-electron chi connectivity index (χ2n) is 5.78. The number of rotatable bonds is 3. The van der Waals surface area contributed by atoms with Crippen LogP contribution < -0.4 is 19.7 Å². The van der Waals surface area contributed by atoms with Gasteiger partial charge < -0.3 is 19.7 Å². The smallest absolute Gasteiger partial charge is 0.251 e. The van der Waals surface area contributed by atoms with Crippen LogP contribution in [0.15, 0.2) is 48.5 Å². The fourth-order valence-electron chi connectivity index (χ4n) is 2.97. The molecule has 2 heterocycles. The van der Waals surface area contributed by atoms with Crippen LogP contribution in [-0.2, 0) is 4.79 Å². The molecule has 0 bridgehead atoms. The molecule has 2 aliphatic heterocycles. The highest BCUT2D eigenvalue weighted by Gasteiger charge is 2.31. The van der Waals surface area contributed by atoms with Gasteiger partial charge in [0, 0.05) is 24.2 Å². The third-order valence-corrected chi connectivity index (χ3v) is 4.16. The van der Waals surface area contributed by atoms with Gasteiger partial charge in [-0.2, -0.15) is 0 Å². The molecule has 1 atom stereocenters. The number of hydrogen-bond donors (Lipinski definition) is 1. The summed E-state index contributed by atoms with van der Waals surface area (Å²) in [7, 11) is 0. The summed E-state index contributed by atoms with van der Waals surface area (Å²) in [5, 5.41) is 2.92. The Balaban J connectivity index is 1.44. The Hall–Kier alpha value is -3.02. The SMILES string of the molecule is O=C(NC1CC(=O)N(c2ccccc2)C1)c1ccc2c(c1)OCO2. The second-order valence-corrected chi connectivity index (χ2v) is 5.78. The number of ether oxygens (including phenoxy) is 2. The van der Waals surface area contributed by atoms with Crippen LogP contribution in [0.2, 0.25) is 0 Å². The summed E-state index contributed by atoms with van der Waals surface area (Å²) in [6.45, 7) is 0.642. The van der Waals surface area contributed by atoms with Gasteiger partial charge >= 0.3 is 0 Å². The molecule has 2 aromatic rings. The Morgan fingerprint density at radius 1 is 1.08 bits per heavy atom. The molecule has 122 valence electrons. The molecule has 1 unspecified atom stereocenters. The van der Waals surface area contributed by atoms with Crippen molar-refractivity contribution in [3.05, 3.63) is 54.1 Å². The quantitative estimate of drug-likeness (QED) is 0.937. The summed E-state index contributed by atoms with van der Waals surface area (Å²) in [5.74, 6) is 0.993. The van der Waals surface area contributed by atoms with Crippen molar-refractivity contribution < 1.29 is 19.1 Å². The predicted molar refractivity (Wildman–Crippen MR) is 87.2 cm³/mol. The van der Waals surface area contributed by atoms with Crippen LogP contribution in [0.5, 0.6) is 11.5 Å². The van der Waals surface area contributed by atoms with E-state index >= 15 is 0 Å². The minimum Gasteiger partial charge on any atom is -0.454 e. The highest BCUT2D eigenvalue weighted by atomic mass is 16.7. The van der Waals surface area contributed by atoms with Crippen molar-refractivity contribution in [2.24, 2.45) is 0 Å². The average molecular weight is 324 g/mol. The number of anilines is 1. The molecule has 0 aliphatic carbocycles. The van der Waals surface area contributed by atoms with E-state index in [1.807, 2.05) is 30.3 Å². The molecule has 1 saturated heterocycles. The Labute approximate surface area is 139 Å². The molecule has 4 rings (SSSR count). The van der Waals surface area contributed by atoms with Crippen molar-refractivity contribution in [3.8, 4) is 11.5 Å². The molecule has 0 saturated carbocycles. The highest BCUT2D eigenvalue weighted by Crippen LogP contribution is 2.32. The predicted octanol–water partition coefficient (Wildman–Crippen LogP) is 1.95. The van der Waals surface area contributed by atoms with Crippen molar-refractivity contribution >= 4 is 17.5 Å². The van der Waals surface area contributed by atoms with Gasteiger partial charge in [0.2, 0.25) is 12.7 Å². The number of amides is 2. The Kier molecular flexibility index (Phi) is 3.57. The fraction of sp³-hybridized carbons (Fsp3) is 0.222. The van der Waals surface area contributed by atoms with Crippen molar-refractivity contribution in [1.82, 2.24) is 5.32 Å². The van der Waals surface area contributed by atoms with Crippen LogP contribution in [0.3, 0.4) is 0 Å². The number of benzene rings is 2. The standard InChI is InChI=1S/C18H16N2O4/c21-17-9-13(10-20(17)14-4-2-1-3-5-14)19-18(22)12-6-7-15-16(8-12)24-11-23-15/h1-8,13H,9-11H2,(H,19,22).